The Morgan fingerprint density at radius 1 is 1.08 bits per heavy atom. The lowest BCUT2D eigenvalue weighted by molar-refractivity contribution is 0.619. The standard InChI is InChI=1S/C20H20N6/c1-15(16-6-3-2-4-7-16)20-22-11-13-26(20)12-9-18-23-19(25-24-18)17-8-5-10-21-14-17/h2-8,10-11,13-15H,9,12H2,1H3,(H,23,24,25). The quantitative estimate of drug-likeness (QED) is 0.581. The number of benzene rings is 1. The largest absolute Gasteiger partial charge is 0.334 e. The smallest absolute Gasteiger partial charge is 0.182 e. The first-order valence-corrected chi connectivity index (χ1v) is 8.69. The third-order valence-electron chi connectivity index (χ3n) is 4.48. The molecule has 0 radical (unpaired) electrons. The Morgan fingerprint density at radius 3 is 2.77 bits per heavy atom. The molecule has 0 spiro atoms. The van der Waals surface area contributed by atoms with E-state index in [0.717, 1.165) is 30.2 Å². The van der Waals surface area contributed by atoms with E-state index < -0.39 is 0 Å². The molecule has 0 aliphatic rings. The van der Waals surface area contributed by atoms with Gasteiger partial charge in [-0.05, 0) is 17.7 Å². The molecule has 1 unspecified atom stereocenters. The molecule has 0 aliphatic heterocycles. The van der Waals surface area contributed by atoms with Gasteiger partial charge in [0.2, 0.25) is 0 Å². The molecular weight excluding hydrogens is 324 g/mol. The van der Waals surface area contributed by atoms with Crippen molar-refractivity contribution in [2.45, 2.75) is 25.8 Å². The number of aromatic nitrogens is 6. The Labute approximate surface area is 152 Å². The van der Waals surface area contributed by atoms with E-state index in [1.807, 2.05) is 30.6 Å². The number of rotatable bonds is 6. The van der Waals surface area contributed by atoms with Gasteiger partial charge in [-0.2, -0.15) is 5.10 Å². The van der Waals surface area contributed by atoms with E-state index in [0.29, 0.717) is 5.82 Å². The molecule has 4 rings (SSSR count). The SMILES string of the molecule is CC(c1ccccc1)c1nccn1CCc1nc(-c2cccnc2)n[nH]1. The van der Waals surface area contributed by atoms with Gasteiger partial charge in [0.1, 0.15) is 11.6 Å². The number of aromatic amines is 1. The van der Waals surface area contributed by atoms with Crippen molar-refractivity contribution >= 4 is 0 Å². The predicted molar refractivity (Wildman–Crippen MR) is 99.5 cm³/mol. The van der Waals surface area contributed by atoms with Crippen LogP contribution in [0.5, 0.6) is 0 Å². The second-order valence-corrected chi connectivity index (χ2v) is 6.21. The average Bonchev–Trinajstić information content (AvgIpc) is 3.36. The molecule has 1 aromatic carbocycles. The average molecular weight is 344 g/mol. The van der Waals surface area contributed by atoms with Crippen LogP contribution in [-0.4, -0.2) is 29.7 Å². The van der Waals surface area contributed by atoms with E-state index in [1.54, 1.807) is 12.4 Å². The Kier molecular flexibility index (Phi) is 4.55. The summed E-state index contributed by atoms with van der Waals surface area (Å²) in [6, 6.07) is 14.3. The summed E-state index contributed by atoms with van der Waals surface area (Å²) in [5.74, 6) is 2.84. The van der Waals surface area contributed by atoms with Crippen molar-refractivity contribution in [1.29, 1.82) is 0 Å². The Balaban J connectivity index is 1.47. The van der Waals surface area contributed by atoms with Crippen LogP contribution < -0.4 is 0 Å². The maximum absolute atomic E-state index is 4.57. The number of nitrogens with zero attached hydrogens (tertiary/aromatic N) is 5. The molecular formula is C20H20N6. The third kappa shape index (κ3) is 3.39. The molecule has 6 heteroatoms. The van der Waals surface area contributed by atoms with Gasteiger partial charge >= 0.3 is 0 Å². The molecule has 0 saturated carbocycles. The lowest BCUT2D eigenvalue weighted by Crippen LogP contribution is -2.10. The molecule has 0 saturated heterocycles. The van der Waals surface area contributed by atoms with E-state index in [2.05, 4.69) is 60.9 Å². The van der Waals surface area contributed by atoms with Crippen LogP contribution in [0.4, 0.5) is 0 Å². The van der Waals surface area contributed by atoms with Crippen molar-refractivity contribution in [2.24, 2.45) is 0 Å². The van der Waals surface area contributed by atoms with Crippen LogP contribution in [0.2, 0.25) is 0 Å². The lowest BCUT2D eigenvalue weighted by Gasteiger charge is -2.14. The van der Waals surface area contributed by atoms with Crippen molar-refractivity contribution in [1.82, 2.24) is 29.7 Å². The number of H-pyrrole nitrogens is 1. The first-order chi connectivity index (χ1) is 12.8. The van der Waals surface area contributed by atoms with Crippen molar-refractivity contribution in [3.63, 3.8) is 0 Å². The molecule has 3 heterocycles. The number of nitrogens with one attached hydrogen (secondary N) is 1. The summed E-state index contributed by atoms with van der Waals surface area (Å²) >= 11 is 0. The number of hydrogen-bond donors (Lipinski definition) is 1. The summed E-state index contributed by atoms with van der Waals surface area (Å²) in [4.78, 5) is 13.2. The van der Waals surface area contributed by atoms with E-state index >= 15 is 0 Å². The summed E-state index contributed by atoms with van der Waals surface area (Å²) in [5.41, 5.74) is 2.18. The van der Waals surface area contributed by atoms with Gasteiger partial charge in [-0.25, -0.2) is 9.97 Å². The van der Waals surface area contributed by atoms with E-state index in [9.17, 15) is 0 Å². The monoisotopic (exact) mass is 344 g/mol. The Hall–Kier alpha value is -3.28. The van der Waals surface area contributed by atoms with Crippen molar-refractivity contribution in [3.05, 3.63) is 84.5 Å². The zero-order valence-corrected chi connectivity index (χ0v) is 14.6. The van der Waals surface area contributed by atoms with Crippen LogP contribution in [0.1, 0.15) is 30.1 Å². The summed E-state index contributed by atoms with van der Waals surface area (Å²) in [7, 11) is 0. The van der Waals surface area contributed by atoms with E-state index in [1.165, 1.54) is 5.56 Å². The van der Waals surface area contributed by atoms with Crippen LogP contribution in [0.15, 0.2) is 67.3 Å². The van der Waals surface area contributed by atoms with Gasteiger partial charge in [0.15, 0.2) is 5.82 Å². The molecule has 4 aromatic rings. The molecule has 3 aromatic heterocycles. The van der Waals surface area contributed by atoms with E-state index in [-0.39, 0.29) is 5.92 Å². The maximum atomic E-state index is 4.57. The molecule has 6 nitrogen and oxygen atoms in total. The minimum absolute atomic E-state index is 0.242. The van der Waals surface area contributed by atoms with Gasteiger partial charge in [0, 0.05) is 49.2 Å². The molecule has 0 amide bonds. The van der Waals surface area contributed by atoms with Crippen molar-refractivity contribution in [3.8, 4) is 11.4 Å². The van der Waals surface area contributed by atoms with Crippen LogP contribution in [0.3, 0.4) is 0 Å². The van der Waals surface area contributed by atoms with Gasteiger partial charge in [-0.1, -0.05) is 37.3 Å². The second kappa shape index (κ2) is 7.31. The highest BCUT2D eigenvalue weighted by Crippen LogP contribution is 2.22. The first-order valence-electron chi connectivity index (χ1n) is 8.69. The number of pyridine rings is 1. The first kappa shape index (κ1) is 16.2. The number of imidazole rings is 1. The van der Waals surface area contributed by atoms with Crippen molar-refractivity contribution in [2.75, 3.05) is 0 Å². The fourth-order valence-electron chi connectivity index (χ4n) is 3.04. The normalized spacial score (nSPS) is 12.2. The maximum Gasteiger partial charge on any atom is 0.182 e. The van der Waals surface area contributed by atoms with Crippen LogP contribution in [0.25, 0.3) is 11.4 Å². The number of aryl methyl sites for hydroxylation is 2. The van der Waals surface area contributed by atoms with Crippen molar-refractivity contribution < 1.29 is 0 Å². The van der Waals surface area contributed by atoms with Gasteiger partial charge in [-0.15, -0.1) is 0 Å². The van der Waals surface area contributed by atoms with Crippen LogP contribution in [-0.2, 0) is 13.0 Å². The molecule has 26 heavy (non-hydrogen) atoms. The van der Waals surface area contributed by atoms with E-state index in [4.69, 9.17) is 0 Å². The Morgan fingerprint density at radius 2 is 1.96 bits per heavy atom. The number of hydrogen-bond acceptors (Lipinski definition) is 4. The summed E-state index contributed by atoms with van der Waals surface area (Å²) < 4.78 is 2.18. The van der Waals surface area contributed by atoms with Gasteiger partial charge in [-0.3, -0.25) is 10.1 Å². The molecule has 1 N–H and O–H groups in total. The van der Waals surface area contributed by atoms with Gasteiger partial charge in [0.25, 0.3) is 0 Å². The molecule has 0 aliphatic carbocycles. The zero-order valence-electron chi connectivity index (χ0n) is 14.6. The second-order valence-electron chi connectivity index (χ2n) is 6.21. The molecule has 1 atom stereocenters. The topological polar surface area (TPSA) is 72.3 Å². The molecule has 0 bridgehead atoms. The summed E-state index contributed by atoms with van der Waals surface area (Å²) in [6.45, 7) is 2.98. The zero-order chi connectivity index (χ0) is 17.8. The Bertz CT molecular complexity index is 958. The highest BCUT2D eigenvalue weighted by atomic mass is 15.2. The molecule has 130 valence electrons. The van der Waals surface area contributed by atoms with Gasteiger partial charge < -0.3 is 4.57 Å². The van der Waals surface area contributed by atoms with Crippen LogP contribution >= 0.6 is 0 Å². The summed E-state index contributed by atoms with van der Waals surface area (Å²) in [6.07, 6.45) is 8.15. The van der Waals surface area contributed by atoms with Gasteiger partial charge in [0.05, 0.1) is 0 Å². The summed E-state index contributed by atoms with van der Waals surface area (Å²) in [5, 5.41) is 7.31. The minimum atomic E-state index is 0.242. The fraction of sp³-hybridized carbons (Fsp3) is 0.200. The molecule has 0 fully saturated rings. The highest BCUT2D eigenvalue weighted by molar-refractivity contribution is 5.52. The minimum Gasteiger partial charge on any atom is -0.334 e. The highest BCUT2D eigenvalue weighted by Gasteiger charge is 2.14. The fourth-order valence-corrected chi connectivity index (χ4v) is 3.04. The third-order valence-corrected chi connectivity index (χ3v) is 4.48. The lowest BCUT2D eigenvalue weighted by atomic mass is 10.0. The predicted octanol–water partition coefficient (Wildman–Crippen LogP) is 3.46. The van der Waals surface area contributed by atoms with Crippen LogP contribution in [0, 0.1) is 0 Å².